The maximum absolute atomic E-state index is 11.0. The van der Waals surface area contributed by atoms with Crippen molar-refractivity contribution in [3.63, 3.8) is 0 Å². The molecule has 0 unspecified atom stereocenters. The highest BCUT2D eigenvalue weighted by Crippen LogP contribution is 2.06. The molecule has 2 N–H and O–H groups in total. The quantitative estimate of drug-likeness (QED) is 0.482. The van der Waals surface area contributed by atoms with E-state index < -0.39 is 12.0 Å². The smallest absolute Gasteiger partial charge is 0.327 e. The predicted molar refractivity (Wildman–Crippen MR) is 63.8 cm³/mol. The number of hydrogen-bond acceptors (Lipinski definition) is 5. The largest absolute Gasteiger partial charge is 0.480 e. The standard InChI is InChI=1S/C10H17NO5S/c1-3-16-9(13)4-5-17-6-8(10(14)15)11-7(2)12/h8H,3-6H2,1-2H3,(H,11,12)(H,14,15)/t8-/m0/s1. The molecule has 6 nitrogen and oxygen atoms in total. The summed E-state index contributed by atoms with van der Waals surface area (Å²) in [7, 11) is 0. The highest BCUT2D eigenvalue weighted by molar-refractivity contribution is 7.99. The normalized spacial score (nSPS) is 11.6. The molecule has 17 heavy (non-hydrogen) atoms. The van der Waals surface area contributed by atoms with E-state index in [1.165, 1.54) is 18.7 Å². The lowest BCUT2D eigenvalue weighted by Crippen LogP contribution is -2.41. The van der Waals surface area contributed by atoms with Crippen LogP contribution in [0.2, 0.25) is 0 Å². The van der Waals surface area contributed by atoms with Crippen LogP contribution in [-0.2, 0) is 19.1 Å². The molecule has 0 fully saturated rings. The molecule has 0 aliphatic heterocycles. The van der Waals surface area contributed by atoms with Crippen LogP contribution in [0.5, 0.6) is 0 Å². The molecular formula is C10H17NO5S. The van der Waals surface area contributed by atoms with Crippen LogP contribution in [0, 0.1) is 0 Å². The Morgan fingerprint density at radius 2 is 2.06 bits per heavy atom. The van der Waals surface area contributed by atoms with Gasteiger partial charge in [0.05, 0.1) is 13.0 Å². The summed E-state index contributed by atoms with van der Waals surface area (Å²) in [5.74, 6) is -1.06. The summed E-state index contributed by atoms with van der Waals surface area (Å²) in [6.07, 6.45) is 0.241. The van der Waals surface area contributed by atoms with Crippen molar-refractivity contribution in [3.05, 3.63) is 0 Å². The van der Waals surface area contributed by atoms with Gasteiger partial charge in [-0.3, -0.25) is 9.59 Å². The fraction of sp³-hybridized carbons (Fsp3) is 0.700. The van der Waals surface area contributed by atoms with Gasteiger partial charge >= 0.3 is 11.9 Å². The minimum absolute atomic E-state index is 0.230. The number of carboxylic acids is 1. The molecule has 0 aromatic rings. The fourth-order valence-corrected chi connectivity index (χ4v) is 1.95. The number of nitrogens with one attached hydrogen (secondary N) is 1. The van der Waals surface area contributed by atoms with Crippen LogP contribution in [0.4, 0.5) is 0 Å². The van der Waals surface area contributed by atoms with Gasteiger partial charge in [-0.05, 0) is 6.92 Å². The number of amides is 1. The lowest BCUT2D eigenvalue weighted by atomic mass is 10.3. The lowest BCUT2D eigenvalue weighted by Gasteiger charge is -2.12. The first-order valence-electron chi connectivity index (χ1n) is 5.20. The van der Waals surface area contributed by atoms with E-state index in [0.29, 0.717) is 12.4 Å². The third-order valence-electron chi connectivity index (χ3n) is 1.72. The third kappa shape index (κ3) is 8.56. The fourth-order valence-electron chi connectivity index (χ4n) is 1.01. The molecule has 7 heteroatoms. The molecule has 0 bridgehead atoms. The number of esters is 1. The Bertz CT molecular complexity index is 282. The van der Waals surface area contributed by atoms with Gasteiger partial charge in [-0.15, -0.1) is 0 Å². The Kier molecular flexibility index (Phi) is 8.21. The monoisotopic (exact) mass is 263 g/mol. The van der Waals surface area contributed by atoms with Gasteiger partial charge < -0.3 is 15.2 Å². The van der Waals surface area contributed by atoms with Crippen molar-refractivity contribution in [1.82, 2.24) is 5.32 Å². The topological polar surface area (TPSA) is 92.7 Å². The summed E-state index contributed by atoms with van der Waals surface area (Å²) in [6.45, 7) is 3.33. The summed E-state index contributed by atoms with van der Waals surface area (Å²) in [6, 6.07) is -0.917. The Morgan fingerprint density at radius 1 is 1.41 bits per heavy atom. The first kappa shape index (κ1) is 15.8. The molecule has 0 radical (unpaired) electrons. The molecule has 98 valence electrons. The van der Waals surface area contributed by atoms with Crippen molar-refractivity contribution in [1.29, 1.82) is 0 Å². The van der Waals surface area contributed by atoms with Crippen LogP contribution in [0.25, 0.3) is 0 Å². The molecule has 0 aliphatic carbocycles. The molecule has 0 rings (SSSR count). The number of ether oxygens (including phenoxy) is 1. The van der Waals surface area contributed by atoms with Gasteiger partial charge in [0.1, 0.15) is 6.04 Å². The number of aliphatic carboxylic acids is 1. The molecule has 0 aromatic carbocycles. The zero-order chi connectivity index (χ0) is 13.3. The van der Waals surface area contributed by atoms with E-state index in [-0.39, 0.29) is 24.1 Å². The van der Waals surface area contributed by atoms with E-state index in [1.54, 1.807) is 6.92 Å². The van der Waals surface area contributed by atoms with E-state index in [4.69, 9.17) is 9.84 Å². The first-order chi connectivity index (χ1) is 7.97. The number of thioether (sulfide) groups is 1. The van der Waals surface area contributed by atoms with E-state index in [0.717, 1.165) is 0 Å². The summed E-state index contributed by atoms with van der Waals surface area (Å²) >= 11 is 1.29. The molecule has 1 amide bonds. The van der Waals surface area contributed by atoms with Gasteiger partial charge in [-0.1, -0.05) is 0 Å². The minimum atomic E-state index is -1.08. The second kappa shape index (κ2) is 8.86. The second-order valence-corrected chi connectivity index (χ2v) is 4.37. The van der Waals surface area contributed by atoms with Gasteiger partial charge in [0, 0.05) is 18.4 Å². The van der Waals surface area contributed by atoms with Crippen molar-refractivity contribution in [3.8, 4) is 0 Å². The SMILES string of the molecule is CCOC(=O)CCSC[C@H](NC(C)=O)C(=O)O. The maximum atomic E-state index is 11.0. The van der Waals surface area contributed by atoms with E-state index in [1.807, 2.05) is 0 Å². The van der Waals surface area contributed by atoms with Gasteiger partial charge in [0.25, 0.3) is 0 Å². The summed E-state index contributed by atoms with van der Waals surface area (Å²) in [4.78, 5) is 32.5. The van der Waals surface area contributed by atoms with Crippen molar-refractivity contribution in [2.75, 3.05) is 18.1 Å². The molecule has 0 aliphatic rings. The highest BCUT2D eigenvalue weighted by Gasteiger charge is 2.18. The minimum Gasteiger partial charge on any atom is -0.480 e. The Balaban J connectivity index is 3.79. The van der Waals surface area contributed by atoms with E-state index in [9.17, 15) is 14.4 Å². The average molecular weight is 263 g/mol. The molecule has 0 saturated carbocycles. The van der Waals surface area contributed by atoms with E-state index >= 15 is 0 Å². The summed E-state index contributed by atoms with van der Waals surface area (Å²) in [5.41, 5.74) is 0. The second-order valence-electron chi connectivity index (χ2n) is 3.22. The van der Waals surface area contributed by atoms with Gasteiger partial charge in [-0.2, -0.15) is 11.8 Å². The van der Waals surface area contributed by atoms with Crippen molar-refractivity contribution in [2.24, 2.45) is 0 Å². The third-order valence-corrected chi connectivity index (χ3v) is 2.78. The van der Waals surface area contributed by atoms with Crippen molar-refractivity contribution < 1.29 is 24.2 Å². The van der Waals surface area contributed by atoms with Crippen molar-refractivity contribution in [2.45, 2.75) is 26.3 Å². The molecular weight excluding hydrogens is 246 g/mol. The number of carboxylic acid groups (broad SMARTS) is 1. The number of hydrogen-bond donors (Lipinski definition) is 2. The molecule has 0 spiro atoms. The average Bonchev–Trinajstić information content (AvgIpc) is 2.22. The lowest BCUT2D eigenvalue weighted by molar-refractivity contribution is -0.142. The Hall–Kier alpha value is -1.24. The van der Waals surface area contributed by atoms with Gasteiger partial charge in [0.2, 0.25) is 5.91 Å². The highest BCUT2D eigenvalue weighted by atomic mass is 32.2. The summed E-state index contributed by atoms with van der Waals surface area (Å²) < 4.78 is 4.72. The Labute approximate surface area is 104 Å². The predicted octanol–water partition coefficient (Wildman–Crippen LogP) is 0.262. The number of carbonyl (C=O) groups excluding carboxylic acids is 2. The number of carbonyl (C=O) groups is 3. The number of rotatable bonds is 8. The van der Waals surface area contributed by atoms with Crippen molar-refractivity contribution >= 4 is 29.6 Å². The van der Waals surface area contributed by atoms with Crippen LogP contribution < -0.4 is 5.32 Å². The maximum Gasteiger partial charge on any atom is 0.327 e. The van der Waals surface area contributed by atoms with Crippen LogP contribution in [0.1, 0.15) is 20.3 Å². The molecule has 0 saturated heterocycles. The zero-order valence-electron chi connectivity index (χ0n) is 9.89. The van der Waals surface area contributed by atoms with Crippen LogP contribution in [0.3, 0.4) is 0 Å². The Morgan fingerprint density at radius 3 is 2.53 bits per heavy atom. The molecule has 0 heterocycles. The van der Waals surface area contributed by atoms with Crippen LogP contribution >= 0.6 is 11.8 Å². The molecule has 0 aromatic heterocycles. The van der Waals surface area contributed by atoms with E-state index in [2.05, 4.69) is 5.32 Å². The summed E-state index contributed by atoms with van der Waals surface area (Å²) in [5, 5.41) is 11.1. The van der Waals surface area contributed by atoms with Crippen LogP contribution in [-0.4, -0.2) is 47.1 Å². The zero-order valence-corrected chi connectivity index (χ0v) is 10.7. The van der Waals surface area contributed by atoms with Gasteiger partial charge in [-0.25, -0.2) is 4.79 Å². The van der Waals surface area contributed by atoms with Gasteiger partial charge in [0.15, 0.2) is 0 Å². The van der Waals surface area contributed by atoms with Crippen LogP contribution in [0.15, 0.2) is 0 Å². The first-order valence-corrected chi connectivity index (χ1v) is 6.36. The molecule has 1 atom stereocenters.